The Morgan fingerprint density at radius 1 is 1.50 bits per heavy atom. The van der Waals surface area contributed by atoms with Crippen LogP contribution < -0.4 is 5.73 Å². The lowest BCUT2D eigenvalue weighted by Gasteiger charge is -2.07. The van der Waals surface area contributed by atoms with Gasteiger partial charge < -0.3 is 15.9 Å². The van der Waals surface area contributed by atoms with Crippen molar-refractivity contribution >= 4 is 11.9 Å². The van der Waals surface area contributed by atoms with Crippen molar-refractivity contribution in [1.82, 2.24) is 0 Å². The van der Waals surface area contributed by atoms with E-state index in [2.05, 4.69) is 0 Å². The van der Waals surface area contributed by atoms with Gasteiger partial charge in [-0.15, -0.1) is 0 Å². The molecule has 68 valence electrons. The molecule has 2 atom stereocenters. The first-order valence-corrected chi connectivity index (χ1v) is 3.25. The van der Waals surface area contributed by atoms with E-state index in [1.807, 2.05) is 0 Å². The van der Waals surface area contributed by atoms with Gasteiger partial charge in [0, 0.05) is 6.42 Å². The molecule has 0 aliphatic heterocycles. The molecule has 0 unspecified atom stereocenters. The predicted molar refractivity (Wildman–Crippen MR) is 35.3 cm³/mol. The summed E-state index contributed by atoms with van der Waals surface area (Å²) in [6.07, 6.45) is -1.28. The molecule has 0 aromatic carbocycles. The molecule has 0 radical (unpaired) electrons. The van der Waals surface area contributed by atoms with Crippen molar-refractivity contribution < 1.29 is 24.2 Å². The number of carbonyl (C=O) groups is 2. The minimum atomic E-state index is -2.27. The minimum Gasteiger partial charge on any atom is -0.481 e. The molecule has 6 heteroatoms. The van der Waals surface area contributed by atoms with Crippen LogP contribution in [0.5, 0.6) is 0 Å². The van der Waals surface area contributed by atoms with E-state index in [0.717, 1.165) is 0 Å². The molecule has 0 amide bonds. The number of carboxylic acids is 2. The monoisotopic (exact) mass is 177 g/mol. The summed E-state index contributed by atoms with van der Waals surface area (Å²) in [5.74, 6) is -2.88. The highest BCUT2D eigenvalue weighted by Crippen LogP contribution is 2.51. The van der Waals surface area contributed by atoms with Gasteiger partial charge in [-0.25, -0.2) is 4.39 Å². The van der Waals surface area contributed by atoms with E-state index < -0.39 is 36.0 Å². The molecular formula is C6H8FNO4. The van der Waals surface area contributed by atoms with Gasteiger partial charge in [0.1, 0.15) is 0 Å². The summed E-state index contributed by atoms with van der Waals surface area (Å²) in [6.45, 7) is 0. The molecular weight excluding hydrogens is 169 g/mol. The summed E-state index contributed by atoms with van der Waals surface area (Å²) in [6, 6.07) is 0. The molecule has 12 heavy (non-hydrogen) atoms. The average Bonchev–Trinajstić information content (AvgIpc) is 2.33. The minimum absolute atomic E-state index is 0.429. The number of nitrogens with two attached hydrogens (primary N) is 1. The van der Waals surface area contributed by atoms with Gasteiger partial charge in [-0.3, -0.25) is 9.59 Å². The van der Waals surface area contributed by atoms with E-state index in [4.69, 9.17) is 15.9 Å². The Bertz CT molecular complexity index is 256. The summed E-state index contributed by atoms with van der Waals surface area (Å²) >= 11 is 0. The van der Waals surface area contributed by atoms with Crippen LogP contribution in [-0.2, 0) is 9.59 Å². The lowest BCUT2D eigenvalue weighted by Crippen LogP contribution is -2.41. The highest BCUT2D eigenvalue weighted by molar-refractivity contribution is 5.87. The van der Waals surface area contributed by atoms with Gasteiger partial charge in [-0.1, -0.05) is 0 Å². The number of alkyl halides is 1. The summed E-state index contributed by atoms with van der Waals surface area (Å²) in [7, 11) is 0. The van der Waals surface area contributed by atoms with Gasteiger partial charge in [0.2, 0.25) is 0 Å². The Balaban J connectivity index is 2.70. The van der Waals surface area contributed by atoms with Crippen molar-refractivity contribution in [2.24, 2.45) is 5.73 Å². The normalized spacial score (nSPS) is 39.2. The molecule has 4 N–H and O–H groups in total. The van der Waals surface area contributed by atoms with Gasteiger partial charge in [0.25, 0.3) is 0 Å². The number of aliphatic carboxylic acids is 2. The lowest BCUT2D eigenvalue weighted by atomic mass is 10.1. The van der Waals surface area contributed by atoms with Crippen LogP contribution in [-0.4, -0.2) is 33.4 Å². The third-order valence-corrected chi connectivity index (χ3v) is 2.05. The molecule has 1 aliphatic rings. The van der Waals surface area contributed by atoms with Gasteiger partial charge in [-0.05, 0) is 0 Å². The first kappa shape index (κ1) is 8.92. The van der Waals surface area contributed by atoms with Crippen LogP contribution >= 0.6 is 0 Å². The summed E-state index contributed by atoms with van der Waals surface area (Å²) in [5, 5.41) is 16.6. The van der Waals surface area contributed by atoms with E-state index in [0.29, 0.717) is 0 Å². The first-order valence-electron chi connectivity index (χ1n) is 3.25. The molecule has 1 aliphatic carbocycles. The number of hydrogen-bond donors (Lipinski definition) is 3. The van der Waals surface area contributed by atoms with Crippen molar-refractivity contribution in [2.45, 2.75) is 24.0 Å². The van der Waals surface area contributed by atoms with Crippen molar-refractivity contribution in [3.05, 3.63) is 0 Å². The molecule has 0 aromatic rings. The topological polar surface area (TPSA) is 101 Å². The Kier molecular flexibility index (Phi) is 1.61. The van der Waals surface area contributed by atoms with Crippen LogP contribution in [0.3, 0.4) is 0 Å². The van der Waals surface area contributed by atoms with Crippen LogP contribution in [0.2, 0.25) is 0 Å². The zero-order valence-electron chi connectivity index (χ0n) is 6.08. The fourth-order valence-electron chi connectivity index (χ4n) is 1.12. The van der Waals surface area contributed by atoms with Gasteiger partial charge in [0.15, 0.2) is 11.2 Å². The summed E-state index contributed by atoms with van der Waals surface area (Å²) in [4.78, 5) is 20.4. The van der Waals surface area contributed by atoms with Crippen LogP contribution in [0.4, 0.5) is 4.39 Å². The zero-order chi connectivity index (χ0) is 9.57. The fraction of sp³-hybridized carbons (Fsp3) is 0.667. The lowest BCUT2D eigenvalue weighted by molar-refractivity contribution is -0.142. The van der Waals surface area contributed by atoms with Gasteiger partial charge in [-0.2, -0.15) is 0 Å². The SMILES string of the molecule is N[C@@]1(C(=O)O)C[C@]1(F)CC(=O)O. The smallest absolute Gasteiger partial charge is 0.327 e. The van der Waals surface area contributed by atoms with E-state index in [-0.39, 0.29) is 0 Å². The van der Waals surface area contributed by atoms with Crippen LogP contribution in [0.15, 0.2) is 0 Å². The predicted octanol–water partition coefficient (Wildman–Crippen LogP) is -0.645. The van der Waals surface area contributed by atoms with Crippen molar-refractivity contribution in [3.8, 4) is 0 Å². The maximum atomic E-state index is 13.2. The number of carboxylic acid groups (broad SMARTS) is 2. The van der Waals surface area contributed by atoms with Crippen LogP contribution in [0.1, 0.15) is 12.8 Å². The standard InChI is InChI=1S/C6H8FNO4/c7-5(1-3(9)10)2-6(5,8)4(11)12/h1-2,8H2,(H,9,10)(H,11,12)/t5-,6-/m1/s1. The molecule has 0 heterocycles. The largest absolute Gasteiger partial charge is 0.481 e. The second-order valence-corrected chi connectivity index (χ2v) is 2.99. The molecule has 0 aromatic heterocycles. The number of halogens is 1. The van der Waals surface area contributed by atoms with Crippen LogP contribution in [0, 0.1) is 0 Å². The van der Waals surface area contributed by atoms with E-state index >= 15 is 0 Å². The zero-order valence-corrected chi connectivity index (χ0v) is 6.08. The summed E-state index contributed by atoms with van der Waals surface area (Å²) in [5.41, 5.74) is 0.810. The molecule has 5 nitrogen and oxygen atoms in total. The fourth-order valence-corrected chi connectivity index (χ4v) is 1.12. The molecule has 1 rings (SSSR count). The maximum Gasteiger partial charge on any atom is 0.327 e. The Labute approximate surface area is 67.0 Å². The maximum absolute atomic E-state index is 13.2. The Hall–Kier alpha value is -1.17. The second kappa shape index (κ2) is 2.16. The molecule has 0 saturated heterocycles. The average molecular weight is 177 g/mol. The molecule has 0 spiro atoms. The van der Waals surface area contributed by atoms with E-state index in [1.54, 1.807) is 0 Å². The van der Waals surface area contributed by atoms with Crippen LogP contribution in [0.25, 0.3) is 0 Å². The highest BCUT2D eigenvalue weighted by Gasteiger charge is 2.73. The second-order valence-electron chi connectivity index (χ2n) is 2.99. The van der Waals surface area contributed by atoms with Crippen molar-refractivity contribution in [2.75, 3.05) is 0 Å². The molecule has 1 saturated carbocycles. The van der Waals surface area contributed by atoms with Gasteiger partial charge in [0.05, 0.1) is 6.42 Å². The highest BCUT2D eigenvalue weighted by atomic mass is 19.1. The molecule has 0 bridgehead atoms. The van der Waals surface area contributed by atoms with Crippen molar-refractivity contribution in [1.29, 1.82) is 0 Å². The van der Waals surface area contributed by atoms with Gasteiger partial charge >= 0.3 is 11.9 Å². The first-order chi connectivity index (χ1) is 5.32. The summed E-state index contributed by atoms with van der Waals surface area (Å²) < 4.78 is 13.2. The van der Waals surface area contributed by atoms with Crippen molar-refractivity contribution in [3.63, 3.8) is 0 Å². The Morgan fingerprint density at radius 3 is 2.25 bits per heavy atom. The third kappa shape index (κ3) is 1.04. The Morgan fingerprint density at radius 2 is 2.00 bits per heavy atom. The quantitative estimate of drug-likeness (QED) is 0.532. The van der Waals surface area contributed by atoms with E-state index in [9.17, 15) is 14.0 Å². The molecule has 1 fully saturated rings. The van der Waals surface area contributed by atoms with E-state index in [1.165, 1.54) is 0 Å². The number of rotatable bonds is 3. The third-order valence-electron chi connectivity index (χ3n) is 2.05. The number of hydrogen-bond acceptors (Lipinski definition) is 3.